The van der Waals surface area contributed by atoms with E-state index in [9.17, 15) is 14.3 Å². The number of nitrogens with one attached hydrogen (secondary N) is 2. The van der Waals surface area contributed by atoms with E-state index in [1.807, 2.05) is 13.8 Å². The molecule has 1 aromatic carbocycles. The number of rotatable bonds is 6. The Labute approximate surface area is 113 Å². The number of carbonyl (C=O) groups excluding carboxylic acids is 1. The van der Waals surface area contributed by atoms with Crippen molar-refractivity contribution in [3.8, 4) is 0 Å². The van der Waals surface area contributed by atoms with Crippen molar-refractivity contribution in [1.82, 2.24) is 10.6 Å². The smallest absolute Gasteiger partial charge is 0.226 e. The summed E-state index contributed by atoms with van der Waals surface area (Å²) in [4.78, 5) is 11.6. The average molecular weight is 268 g/mol. The summed E-state index contributed by atoms with van der Waals surface area (Å²) in [6, 6.07) is 5.72. The monoisotopic (exact) mass is 268 g/mol. The minimum absolute atomic E-state index is 0.0590. The highest BCUT2D eigenvalue weighted by Crippen LogP contribution is 2.15. The lowest BCUT2D eigenvalue weighted by Crippen LogP contribution is -2.42. The van der Waals surface area contributed by atoms with Gasteiger partial charge in [-0.3, -0.25) is 4.79 Å². The van der Waals surface area contributed by atoms with Gasteiger partial charge in [-0.05, 0) is 31.5 Å². The van der Waals surface area contributed by atoms with Crippen molar-refractivity contribution < 1.29 is 14.3 Å². The summed E-state index contributed by atoms with van der Waals surface area (Å²) < 4.78 is 12.7. The van der Waals surface area contributed by atoms with Crippen LogP contribution in [0, 0.1) is 11.2 Å². The lowest BCUT2D eigenvalue weighted by Gasteiger charge is -2.23. The number of halogens is 1. The maximum atomic E-state index is 12.7. The van der Waals surface area contributed by atoms with Crippen LogP contribution in [0.15, 0.2) is 24.3 Å². The van der Waals surface area contributed by atoms with Gasteiger partial charge in [0.2, 0.25) is 5.91 Å². The van der Waals surface area contributed by atoms with Crippen LogP contribution >= 0.6 is 0 Å². The summed E-state index contributed by atoms with van der Waals surface area (Å²) in [7, 11) is 1.59. The maximum absolute atomic E-state index is 12.7. The van der Waals surface area contributed by atoms with E-state index < -0.39 is 11.5 Å². The molecule has 4 nitrogen and oxygen atoms in total. The van der Waals surface area contributed by atoms with Gasteiger partial charge in [0, 0.05) is 20.1 Å². The lowest BCUT2D eigenvalue weighted by molar-refractivity contribution is -0.128. The number of hydrogen-bond acceptors (Lipinski definition) is 3. The molecule has 0 fully saturated rings. The molecule has 0 saturated heterocycles. The van der Waals surface area contributed by atoms with Crippen LogP contribution in [-0.2, 0) is 4.79 Å². The third-order valence-corrected chi connectivity index (χ3v) is 3.00. The van der Waals surface area contributed by atoms with Gasteiger partial charge in [-0.15, -0.1) is 0 Å². The summed E-state index contributed by atoms with van der Waals surface area (Å²) >= 11 is 0. The third kappa shape index (κ3) is 4.61. The highest BCUT2D eigenvalue weighted by Gasteiger charge is 2.26. The molecule has 0 aliphatic rings. The standard InChI is InChI=1S/C14H21FN2O2/c1-14(2,13(19)16-3)9-17-8-12(18)10-4-6-11(15)7-5-10/h4-7,12,17-18H,8-9H2,1-3H3,(H,16,19). The predicted molar refractivity (Wildman–Crippen MR) is 72.1 cm³/mol. The normalized spacial score (nSPS) is 13.1. The number of aliphatic hydroxyl groups is 1. The van der Waals surface area contributed by atoms with Gasteiger partial charge in [0.15, 0.2) is 0 Å². The first kappa shape index (κ1) is 15.6. The highest BCUT2D eigenvalue weighted by molar-refractivity contribution is 5.81. The number of hydrogen-bond donors (Lipinski definition) is 3. The van der Waals surface area contributed by atoms with Gasteiger partial charge in [0.25, 0.3) is 0 Å². The van der Waals surface area contributed by atoms with Crippen LogP contribution < -0.4 is 10.6 Å². The van der Waals surface area contributed by atoms with E-state index in [1.54, 1.807) is 19.2 Å². The second kappa shape index (κ2) is 6.63. The number of benzene rings is 1. The number of amides is 1. The van der Waals surface area contributed by atoms with Gasteiger partial charge in [-0.1, -0.05) is 12.1 Å². The fraction of sp³-hybridized carbons (Fsp3) is 0.500. The van der Waals surface area contributed by atoms with E-state index in [0.29, 0.717) is 18.7 Å². The van der Waals surface area contributed by atoms with Crippen LogP contribution in [0.4, 0.5) is 4.39 Å². The van der Waals surface area contributed by atoms with E-state index in [1.165, 1.54) is 12.1 Å². The topological polar surface area (TPSA) is 61.4 Å². The van der Waals surface area contributed by atoms with Gasteiger partial charge >= 0.3 is 0 Å². The molecule has 0 radical (unpaired) electrons. The van der Waals surface area contributed by atoms with Crippen LogP contribution in [0.3, 0.4) is 0 Å². The Morgan fingerprint density at radius 3 is 2.47 bits per heavy atom. The van der Waals surface area contributed by atoms with Crippen molar-refractivity contribution in [3.05, 3.63) is 35.6 Å². The minimum Gasteiger partial charge on any atom is -0.387 e. The molecule has 1 aromatic rings. The average Bonchev–Trinajstić information content (AvgIpc) is 2.38. The zero-order valence-electron chi connectivity index (χ0n) is 11.5. The molecule has 1 unspecified atom stereocenters. The molecule has 1 rings (SSSR count). The highest BCUT2D eigenvalue weighted by atomic mass is 19.1. The van der Waals surface area contributed by atoms with Crippen molar-refractivity contribution in [1.29, 1.82) is 0 Å². The van der Waals surface area contributed by atoms with E-state index in [-0.39, 0.29) is 11.7 Å². The van der Waals surface area contributed by atoms with Crippen LogP contribution in [0.2, 0.25) is 0 Å². The Bertz CT molecular complexity index is 418. The van der Waals surface area contributed by atoms with Crippen molar-refractivity contribution in [3.63, 3.8) is 0 Å². The predicted octanol–water partition coefficient (Wildman–Crippen LogP) is 1.22. The first-order valence-corrected chi connectivity index (χ1v) is 6.23. The Hall–Kier alpha value is -1.46. The second-order valence-electron chi connectivity index (χ2n) is 5.16. The molecular weight excluding hydrogens is 247 g/mol. The number of aliphatic hydroxyl groups excluding tert-OH is 1. The van der Waals surface area contributed by atoms with Crippen molar-refractivity contribution in [2.24, 2.45) is 5.41 Å². The summed E-state index contributed by atoms with van der Waals surface area (Å²) in [5, 5.41) is 15.6. The molecule has 0 saturated carbocycles. The fourth-order valence-corrected chi connectivity index (χ4v) is 1.74. The zero-order chi connectivity index (χ0) is 14.5. The zero-order valence-corrected chi connectivity index (χ0v) is 11.5. The molecule has 0 aliphatic heterocycles. The van der Waals surface area contributed by atoms with Crippen LogP contribution in [0.1, 0.15) is 25.5 Å². The summed E-state index contributed by atoms with van der Waals surface area (Å²) in [5.41, 5.74) is 0.101. The van der Waals surface area contributed by atoms with E-state index in [4.69, 9.17) is 0 Å². The Kier molecular flexibility index (Phi) is 5.44. The summed E-state index contributed by atoms with van der Waals surface area (Å²) in [6.45, 7) is 4.41. The second-order valence-corrected chi connectivity index (χ2v) is 5.16. The molecule has 1 atom stereocenters. The molecule has 1 amide bonds. The molecule has 19 heavy (non-hydrogen) atoms. The van der Waals surface area contributed by atoms with Crippen LogP contribution in [-0.4, -0.2) is 31.2 Å². The minimum atomic E-state index is -0.721. The Morgan fingerprint density at radius 2 is 1.95 bits per heavy atom. The van der Waals surface area contributed by atoms with Crippen molar-refractivity contribution in [2.75, 3.05) is 20.1 Å². The quantitative estimate of drug-likeness (QED) is 0.727. The van der Waals surface area contributed by atoms with Crippen molar-refractivity contribution in [2.45, 2.75) is 20.0 Å². The first-order chi connectivity index (χ1) is 8.86. The molecule has 3 N–H and O–H groups in total. The Balaban J connectivity index is 2.45. The van der Waals surface area contributed by atoms with Gasteiger partial charge in [-0.2, -0.15) is 0 Å². The van der Waals surface area contributed by atoms with Crippen LogP contribution in [0.5, 0.6) is 0 Å². The molecule has 0 bridgehead atoms. The molecule has 0 aliphatic carbocycles. The van der Waals surface area contributed by atoms with Crippen molar-refractivity contribution >= 4 is 5.91 Å². The lowest BCUT2D eigenvalue weighted by atomic mass is 9.92. The molecular formula is C14H21FN2O2. The summed E-state index contributed by atoms with van der Waals surface area (Å²) in [6.07, 6.45) is -0.721. The van der Waals surface area contributed by atoms with Gasteiger partial charge in [0.05, 0.1) is 11.5 Å². The maximum Gasteiger partial charge on any atom is 0.226 e. The van der Waals surface area contributed by atoms with Gasteiger partial charge in [-0.25, -0.2) is 4.39 Å². The molecule has 0 aromatic heterocycles. The largest absolute Gasteiger partial charge is 0.387 e. The summed E-state index contributed by atoms with van der Waals surface area (Å²) in [5.74, 6) is -0.388. The SMILES string of the molecule is CNC(=O)C(C)(C)CNCC(O)c1ccc(F)cc1. The molecule has 5 heteroatoms. The van der Waals surface area contributed by atoms with E-state index in [0.717, 1.165) is 0 Å². The first-order valence-electron chi connectivity index (χ1n) is 6.23. The van der Waals surface area contributed by atoms with Gasteiger partial charge < -0.3 is 15.7 Å². The van der Waals surface area contributed by atoms with Gasteiger partial charge in [0.1, 0.15) is 5.82 Å². The fourth-order valence-electron chi connectivity index (χ4n) is 1.74. The number of carbonyl (C=O) groups is 1. The van der Waals surface area contributed by atoms with Crippen LogP contribution in [0.25, 0.3) is 0 Å². The molecule has 106 valence electrons. The molecule has 0 heterocycles. The Morgan fingerprint density at radius 1 is 1.37 bits per heavy atom. The van der Waals surface area contributed by atoms with E-state index in [2.05, 4.69) is 10.6 Å². The third-order valence-electron chi connectivity index (χ3n) is 3.00. The van der Waals surface area contributed by atoms with E-state index >= 15 is 0 Å². The molecule has 0 spiro atoms.